The number of nitrogens with zero attached hydrogens (tertiary/aromatic N) is 1. The minimum absolute atomic E-state index is 0.0534. The van der Waals surface area contributed by atoms with Gasteiger partial charge in [-0.25, -0.2) is 0 Å². The lowest BCUT2D eigenvalue weighted by Crippen LogP contribution is -2.47. The molecule has 1 saturated heterocycles. The molecule has 0 aromatic heterocycles. The van der Waals surface area contributed by atoms with Gasteiger partial charge < -0.3 is 15.3 Å². The second-order valence-corrected chi connectivity index (χ2v) is 5.83. The third kappa shape index (κ3) is 3.26. The fourth-order valence-corrected chi connectivity index (χ4v) is 3.08. The van der Waals surface area contributed by atoms with E-state index in [0.717, 1.165) is 45.2 Å². The van der Waals surface area contributed by atoms with E-state index >= 15 is 0 Å². The Bertz CT molecular complexity index is 347. The molecule has 0 aromatic carbocycles. The number of aliphatic carboxylic acids is 1. The Morgan fingerprint density at radius 2 is 2.16 bits per heavy atom. The van der Waals surface area contributed by atoms with Crippen molar-refractivity contribution in [3.8, 4) is 0 Å². The molecule has 5 heteroatoms. The van der Waals surface area contributed by atoms with Crippen molar-refractivity contribution in [1.29, 1.82) is 0 Å². The van der Waals surface area contributed by atoms with Crippen molar-refractivity contribution in [3.63, 3.8) is 0 Å². The molecule has 0 radical (unpaired) electrons. The quantitative estimate of drug-likeness (QED) is 0.728. The number of carboxylic acids is 1. The van der Waals surface area contributed by atoms with Gasteiger partial charge in [-0.15, -0.1) is 0 Å². The molecule has 1 heterocycles. The van der Waals surface area contributed by atoms with Crippen molar-refractivity contribution in [2.45, 2.75) is 51.5 Å². The van der Waals surface area contributed by atoms with Crippen LogP contribution in [0.25, 0.3) is 0 Å². The van der Waals surface area contributed by atoms with E-state index in [2.05, 4.69) is 12.2 Å². The van der Waals surface area contributed by atoms with E-state index in [1.807, 2.05) is 4.90 Å². The lowest BCUT2D eigenvalue weighted by Gasteiger charge is -2.34. The molecule has 1 atom stereocenters. The number of carboxylic acid groups (broad SMARTS) is 1. The van der Waals surface area contributed by atoms with E-state index in [4.69, 9.17) is 5.11 Å². The first kappa shape index (κ1) is 14.3. The van der Waals surface area contributed by atoms with E-state index in [0.29, 0.717) is 12.6 Å². The summed E-state index contributed by atoms with van der Waals surface area (Å²) in [6.07, 6.45) is 4.88. The zero-order chi connectivity index (χ0) is 13.9. The first-order chi connectivity index (χ1) is 9.09. The summed E-state index contributed by atoms with van der Waals surface area (Å²) in [7, 11) is 0. The van der Waals surface area contributed by atoms with Crippen LogP contribution in [0.15, 0.2) is 0 Å². The van der Waals surface area contributed by atoms with Gasteiger partial charge in [-0.05, 0) is 32.2 Å². The Hall–Kier alpha value is -1.10. The summed E-state index contributed by atoms with van der Waals surface area (Å²) in [5, 5.41) is 12.1. The number of hydrogen-bond donors (Lipinski definition) is 2. The predicted molar refractivity (Wildman–Crippen MR) is 71.8 cm³/mol. The molecule has 1 amide bonds. The van der Waals surface area contributed by atoms with Crippen LogP contribution in [0.1, 0.15) is 45.4 Å². The molecule has 108 valence electrons. The molecular weight excluding hydrogens is 244 g/mol. The molecule has 1 saturated carbocycles. The largest absolute Gasteiger partial charge is 0.481 e. The second-order valence-electron chi connectivity index (χ2n) is 5.83. The van der Waals surface area contributed by atoms with Crippen molar-refractivity contribution >= 4 is 11.9 Å². The Balaban J connectivity index is 2.06. The molecule has 0 spiro atoms. The zero-order valence-electron chi connectivity index (χ0n) is 11.7. The van der Waals surface area contributed by atoms with Gasteiger partial charge >= 0.3 is 5.97 Å². The fraction of sp³-hybridized carbons (Fsp3) is 0.857. The summed E-state index contributed by atoms with van der Waals surface area (Å²) in [6.45, 7) is 4.11. The number of rotatable bonds is 7. The first-order valence-electron chi connectivity index (χ1n) is 7.32. The SMILES string of the molecule is CCCC1(C(=O)N(CCC(=O)O)C2CC2)CCNC1. The van der Waals surface area contributed by atoms with Crippen LogP contribution < -0.4 is 5.32 Å². The van der Waals surface area contributed by atoms with E-state index in [-0.39, 0.29) is 17.7 Å². The average Bonchev–Trinajstić information content (AvgIpc) is 3.09. The molecule has 2 N–H and O–H groups in total. The molecule has 0 bridgehead atoms. The van der Waals surface area contributed by atoms with Gasteiger partial charge in [0.25, 0.3) is 0 Å². The highest BCUT2D eigenvalue weighted by molar-refractivity contribution is 5.84. The van der Waals surface area contributed by atoms with Crippen LogP contribution in [0.2, 0.25) is 0 Å². The normalized spacial score (nSPS) is 26.4. The summed E-state index contributed by atoms with van der Waals surface area (Å²) >= 11 is 0. The molecule has 1 aliphatic carbocycles. The van der Waals surface area contributed by atoms with E-state index in [1.54, 1.807) is 0 Å². The minimum Gasteiger partial charge on any atom is -0.481 e. The van der Waals surface area contributed by atoms with Gasteiger partial charge in [0, 0.05) is 19.1 Å². The van der Waals surface area contributed by atoms with Gasteiger partial charge in [0.1, 0.15) is 0 Å². The maximum atomic E-state index is 12.8. The van der Waals surface area contributed by atoms with Gasteiger partial charge in [-0.2, -0.15) is 0 Å². The van der Waals surface area contributed by atoms with E-state index in [1.165, 1.54) is 0 Å². The lowest BCUT2D eigenvalue weighted by molar-refractivity contribution is -0.144. The predicted octanol–water partition coefficient (Wildman–Crippen LogP) is 1.23. The van der Waals surface area contributed by atoms with Crippen LogP contribution in [0.3, 0.4) is 0 Å². The van der Waals surface area contributed by atoms with Crippen LogP contribution in [0.5, 0.6) is 0 Å². The van der Waals surface area contributed by atoms with Crippen LogP contribution in [0, 0.1) is 5.41 Å². The molecular formula is C14H24N2O3. The van der Waals surface area contributed by atoms with Gasteiger partial charge in [0.2, 0.25) is 5.91 Å². The smallest absolute Gasteiger partial charge is 0.305 e. The maximum Gasteiger partial charge on any atom is 0.305 e. The van der Waals surface area contributed by atoms with Crippen molar-refractivity contribution < 1.29 is 14.7 Å². The number of carbonyl (C=O) groups excluding carboxylic acids is 1. The highest BCUT2D eigenvalue weighted by Crippen LogP contribution is 2.37. The monoisotopic (exact) mass is 268 g/mol. The molecule has 1 unspecified atom stereocenters. The Morgan fingerprint density at radius 1 is 1.42 bits per heavy atom. The van der Waals surface area contributed by atoms with E-state index < -0.39 is 5.97 Å². The lowest BCUT2D eigenvalue weighted by atomic mass is 9.81. The molecule has 5 nitrogen and oxygen atoms in total. The van der Waals surface area contributed by atoms with Crippen molar-refractivity contribution in [3.05, 3.63) is 0 Å². The number of nitrogens with one attached hydrogen (secondary N) is 1. The van der Waals surface area contributed by atoms with Gasteiger partial charge in [0.15, 0.2) is 0 Å². The molecule has 1 aliphatic heterocycles. The molecule has 0 aromatic rings. The van der Waals surface area contributed by atoms with Crippen LogP contribution >= 0.6 is 0 Å². The van der Waals surface area contributed by atoms with Gasteiger partial charge in [-0.1, -0.05) is 13.3 Å². The Kier molecular flexibility index (Phi) is 4.45. The summed E-state index contributed by atoms with van der Waals surface area (Å²) < 4.78 is 0. The molecule has 2 fully saturated rings. The third-order valence-electron chi connectivity index (χ3n) is 4.24. The number of amides is 1. The first-order valence-corrected chi connectivity index (χ1v) is 7.32. The zero-order valence-corrected chi connectivity index (χ0v) is 11.7. The summed E-state index contributed by atoms with van der Waals surface area (Å²) in [4.78, 5) is 25.4. The standard InChI is InChI=1S/C14H24N2O3/c1-2-6-14(7-8-15-10-14)13(19)16(11-3-4-11)9-5-12(17)18/h11,15H,2-10H2,1H3,(H,17,18). The van der Waals surface area contributed by atoms with Crippen molar-refractivity contribution in [2.75, 3.05) is 19.6 Å². The molecule has 2 rings (SSSR count). The Labute approximate surface area is 114 Å². The minimum atomic E-state index is -0.826. The molecule has 19 heavy (non-hydrogen) atoms. The van der Waals surface area contributed by atoms with Gasteiger partial charge in [-0.3, -0.25) is 9.59 Å². The van der Waals surface area contributed by atoms with E-state index in [9.17, 15) is 9.59 Å². The number of hydrogen-bond acceptors (Lipinski definition) is 3. The fourth-order valence-electron chi connectivity index (χ4n) is 3.08. The summed E-state index contributed by atoms with van der Waals surface area (Å²) in [6, 6.07) is 0.293. The third-order valence-corrected chi connectivity index (χ3v) is 4.24. The van der Waals surface area contributed by atoms with Gasteiger partial charge in [0.05, 0.1) is 11.8 Å². The maximum absolute atomic E-state index is 12.8. The molecule has 2 aliphatic rings. The van der Waals surface area contributed by atoms with Crippen LogP contribution in [-0.2, 0) is 9.59 Å². The topological polar surface area (TPSA) is 69.6 Å². The van der Waals surface area contributed by atoms with Crippen LogP contribution in [-0.4, -0.2) is 47.6 Å². The second kappa shape index (κ2) is 5.90. The average molecular weight is 268 g/mol. The highest BCUT2D eigenvalue weighted by atomic mass is 16.4. The summed E-state index contributed by atoms with van der Waals surface area (Å²) in [5.74, 6) is -0.643. The van der Waals surface area contributed by atoms with Crippen molar-refractivity contribution in [1.82, 2.24) is 10.2 Å². The Morgan fingerprint density at radius 3 is 2.63 bits per heavy atom. The van der Waals surface area contributed by atoms with Crippen molar-refractivity contribution in [2.24, 2.45) is 5.41 Å². The summed E-state index contributed by atoms with van der Waals surface area (Å²) in [5.41, 5.74) is -0.282. The highest BCUT2D eigenvalue weighted by Gasteiger charge is 2.46. The van der Waals surface area contributed by atoms with Crippen LogP contribution in [0.4, 0.5) is 0 Å². The number of carbonyl (C=O) groups is 2.